The largest absolute Gasteiger partial charge is 0.396 e. The van der Waals surface area contributed by atoms with E-state index < -0.39 is 0 Å². The fourth-order valence-corrected chi connectivity index (χ4v) is 2.27. The van der Waals surface area contributed by atoms with Crippen LogP contribution >= 0.6 is 15.9 Å². The lowest BCUT2D eigenvalue weighted by Crippen LogP contribution is -2.11. The minimum Gasteiger partial charge on any atom is -0.396 e. The van der Waals surface area contributed by atoms with E-state index in [-0.39, 0.29) is 12.6 Å². The van der Waals surface area contributed by atoms with Crippen LogP contribution in [0.25, 0.3) is 0 Å². The van der Waals surface area contributed by atoms with Gasteiger partial charge < -0.3 is 9.67 Å². The van der Waals surface area contributed by atoms with E-state index in [0.717, 1.165) is 22.3 Å². The molecular weight excluding hydrogens is 316 g/mol. The summed E-state index contributed by atoms with van der Waals surface area (Å²) in [4.78, 5) is 4.31. The van der Waals surface area contributed by atoms with Gasteiger partial charge in [-0.2, -0.15) is 0 Å². The summed E-state index contributed by atoms with van der Waals surface area (Å²) in [7, 11) is 0. The van der Waals surface area contributed by atoms with Crippen LogP contribution in [0.3, 0.4) is 0 Å². The Bertz CT molecular complexity index is 607. The van der Waals surface area contributed by atoms with E-state index in [2.05, 4.69) is 39.7 Å². The third-order valence-electron chi connectivity index (χ3n) is 3.03. The number of imidazole rings is 1. The zero-order valence-corrected chi connectivity index (χ0v) is 13.0. The van der Waals surface area contributed by atoms with Gasteiger partial charge in [0, 0.05) is 41.9 Å². The zero-order chi connectivity index (χ0) is 14.4. The van der Waals surface area contributed by atoms with Crippen molar-refractivity contribution in [1.29, 1.82) is 0 Å². The molecular formula is C16H17BrN2O. The zero-order valence-electron chi connectivity index (χ0n) is 11.4. The molecule has 0 aliphatic carbocycles. The smallest absolute Gasteiger partial charge is 0.109 e. The van der Waals surface area contributed by atoms with E-state index in [0.29, 0.717) is 6.42 Å². The number of benzene rings is 1. The van der Waals surface area contributed by atoms with Crippen molar-refractivity contribution in [2.75, 3.05) is 6.61 Å². The molecule has 0 spiro atoms. The van der Waals surface area contributed by atoms with Gasteiger partial charge in [-0.3, -0.25) is 0 Å². The molecule has 1 aromatic carbocycles. The number of aryl methyl sites for hydroxylation is 1. The SMILES string of the molecule is CCc1nccn1[C@@H](C#Cc1ccc(Br)cc1)CCO. The van der Waals surface area contributed by atoms with Crippen molar-refractivity contribution in [3.05, 3.63) is 52.5 Å². The van der Waals surface area contributed by atoms with E-state index in [4.69, 9.17) is 0 Å². The van der Waals surface area contributed by atoms with Crippen molar-refractivity contribution < 1.29 is 5.11 Å². The molecule has 0 saturated heterocycles. The first kappa shape index (κ1) is 14.8. The average Bonchev–Trinajstić information content (AvgIpc) is 2.93. The van der Waals surface area contributed by atoms with E-state index in [1.54, 1.807) is 6.20 Å². The lowest BCUT2D eigenvalue weighted by Gasteiger charge is -2.13. The van der Waals surface area contributed by atoms with Crippen LogP contribution in [0.15, 0.2) is 41.1 Å². The van der Waals surface area contributed by atoms with Gasteiger partial charge in [-0.15, -0.1) is 0 Å². The molecule has 0 bridgehead atoms. The second-order valence-electron chi connectivity index (χ2n) is 4.41. The summed E-state index contributed by atoms with van der Waals surface area (Å²) in [5, 5.41) is 9.22. The molecule has 1 N–H and O–H groups in total. The molecule has 0 amide bonds. The van der Waals surface area contributed by atoms with Gasteiger partial charge in [0.1, 0.15) is 5.82 Å². The Morgan fingerprint density at radius 3 is 2.75 bits per heavy atom. The first-order valence-electron chi connectivity index (χ1n) is 6.64. The van der Waals surface area contributed by atoms with Gasteiger partial charge in [-0.25, -0.2) is 4.98 Å². The molecule has 104 valence electrons. The van der Waals surface area contributed by atoms with Crippen molar-refractivity contribution >= 4 is 15.9 Å². The van der Waals surface area contributed by atoms with E-state index in [1.165, 1.54) is 0 Å². The maximum atomic E-state index is 9.22. The highest BCUT2D eigenvalue weighted by molar-refractivity contribution is 9.10. The monoisotopic (exact) mass is 332 g/mol. The second kappa shape index (κ2) is 7.28. The van der Waals surface area contributed by atoms with Gasteiger partial charge in [0.15, 0.2) is 0 Å². The molecule has 2 rings (SSSR count). The number of aromatic nitrogens is 2. The lowest BCUT2D eigenvalue weighted by atomic mass is 10.1. The molecule has 1 atom stereocenters. The fourth-order valence-electron chi connectivity index (χ4n) is 2.00. The molecule has 0 aliphatic heterocycles. The number of aliphatic hydroxyl groups excluding tert-OH is 1. The van der Waals surface area contributed by atoms with Crippen molar-refractivity contribution in [2.45, 2.75) is 25.8 Å². The van der Waals surface area contributed by atoms with Crippen molar-refractivity contribution in [1.82, 2.24) is 9.55 Å². The predicted octanol–water partition coefficient (Wildman–Crippen LogP) is 3.18. The van der Waals surface area contributed by atoms with Crippen LogP contribution in [0.5, 0.6) is 0 Å². The van der Waals surface area contributed by atoms with Crippen LogP contribution in [-0.2, 0) is 6.42 Å². The normalized spacial score (nSPS) is 11.8. The Kier molecular flexibility index (Phi) is 5.40. The molecule has 2 aromatic rings. The van der Waals surface area contributed by atoms with Crippen molar-refractivity contribution in [3.8, 4) is 11.8 Å². The van der Waals surface area contributed by atoms with Crippen LogP contribution < -0.4 is 0 Å². The Hall–Kier alpha value is -1.57. The topological polar surface area (TPSA) is 38.0 Å². The number of hydrogen-bond acceptors (Lipinski definition) is 2. The Morgan fingerprint density at radius 1 is 1.35 bits per heavy atom. The average molecular weight is 333 g/mol. The third kappa shape index (κ3) is 3.72. The first-order valence-corrected chi connectivity index (χ1v) is 7.43. The summed E-state index contributed by atoms with van der Waals surface area (Å²) in [6.45, 7) is 2.18. The van der Waals surface area contributed by atoms with Gasteiger partial charge >= 0.3 is 0 Å². The van der Waals surface area contributed by atoms with Crippen LogP contribution in [0, 0.1) is 11.8 Å². The number of nitrogens with zero attached hydrogens (tertiary/aromatic N) is 2. The van der Waals surface area contributed by atoms with Gasteiger partial charge in [0.05, 0.1) is 6.04 Å². The lowest BCUT2D eigenvalue weighted by molar-refractivity contribution is 0.271. The second-order valence-corrected chi connectivity index (χ2v) is 5.32. The fraction of sp³-hybridized carbons (Fsp3) is 0.312. The van der Waals surface area contributed by atoms with Crippen molar-refractivity contribution in [2.24, 2.45) is 0 Å². The van der Waals surface area contributed by atoms with Crippen LogP contribution in [0.1, 0.15) is 30.8 Å². The summed E-state index contributed by atoms with van der Waals surface area (Å²) in [5.74, 6) is 7.39. The molecule has 4 heteroatoms. The standard InChI is InChI=1S/C16H17BrN2O/c1-2-16-18-10-11-19(16)15(9-12-20)8-5-13-3-6-14(17)7-4-13/h3-4,6-7,10-11,15,20H,2,9,12H2,1H3/t15-/m0/s1. The third-order valence-corrected chi connectivity index (χ3v) is 3.56. The summed E-state index contributed by atoms with van der Waals surface area (Å²) >= 11 is 3.41. The highest BCUT2D eigenvalue weighted by atomic mass is 79.9. The van der Waals surface area contributed by atoms with Crippen molar-refractivity contribution in [3.63, 3.8) is 0 Å². The van der Waals surface area contributed by atoms with Gasteiger partial charge in [0.25, 0.3) is 0 Å². The maximum Gasteiger partial charge on any atom is 0.109 e. The molecule has 0 aliphatic rings. The molecule has 0 unspecified atom stereocenters. The van der Waals surface area contributed by atoms with Gasteiger partial charge in [-0.1, -0.05) is 34.7 Å². The number of rotatable bonds is 4. The van der Waals surface area contributed by atoms with Crippen LogP contribution in [0.2, 0.25) is 0 Å². The highest BCUT2D eigenvalue weighted by Gasteiger charge is 2.10. The summed E-state index contributed by atoms with van der Waals surface area (Å²) in [6, 6.07) is 7.85. The van der Waals surface area contributed by atoms with E-state index in [1.807, 2.05) is 35.0 Å². The van der Waals surface area contributed by atoms with E-state index in [9.17, 15) is 5.11 Å². The molecule has 0 fully saturated rings. The Morgan fingerprint density at radius 2 is 2.10 bits per heavy atom. The summed E-state index contributed by atoms with van der Waals surface area (Å²) < 4.78 is 3.08. The molecule has 0 saturated carbocycles. The summed E-state index contributed by atoms with van der Waals surface area (Å²) in [6.07, 6.45) is 5.17. The highest BCUT2D eigenvalue weighted by Crippen LogP contribution is 2.14. The van der Waals surface area contributed by atoms with Crippen LogP contribution in [0.4, 0.5) is 0 Å². The minimum absolute atomic E-state index is 0.0407. The number of aliphatic hydroxyl groups is 1. The number of hydrogen-bond donors (Lipinski definition) is 1. The number of halogens is 1. The summed E-state index contributed by atoms with van der Waals surface area (Å²) in [5.41, 5.74) is 0.967. The van der Waals surface area contributed by atoms with Crippen LogP contribution in [-0.4, -0.2) is 21.3 Å². The maximum absolute atomic E-state index is 9.22. The molecule has 20 heavy (non-hydrogen) atoms. The molecule has 1 aromatic heterocycles. The van der Waals surface area contributed by atoms with Gasteiger partial charge in [-0.05, 0) is 24.3 Å². The first-order chi connectivity index (χ1) is 9.74. The minimum atomic E-state index is -0.0407. The molecule has 1 heterocycles. The predicted molar refractivity (Wildman–Crippen MR) is 83.4 cm³/mol. The Balaban J connectivity index is 2.24. The van der Waals surface area contributed by atoms with Gasteiger partial charge in [0.2, 0.25) is 0 Å². The Labute approximate surface area is 127 Å². The van der Waals surface area contributed by atoms with E-state index >= 15 is 0 Å². The quantitative estimate of drug-likeness (QED) is 0.873. The molecule has 3 nitrogen and oxygen atoms in total. The molecule has 0 radical (unpaired) electrons.